The normalized spacial score (nSPS) is 21.1. The maximum Gasteiger partial charge on any atom is 0.271 e. The molecule has 2 aliphatic rings. The lowest BCUT2D eigenvalue weighted by molar-refractivity contribution is 0.0666. The van der Waals surface area contributed by atoms with Crippen molar-refractivity contribution < 1.29 is 9.13 Å². The average Bonchev–Trinajstić information content (AvgIpc) is 2.92. The van der Waals surface area contributed by atoms with Crippen molar-refractivity contribution in [3.05, 3.63) is 50.5 Å². The summed E-state index contributed by atoms with van der Waals surface area (Å²) in [6.07, 6.45) is 1.62. The minimum absolute atomic E-state index is 0.126. The summed E-state index contributed by atoms with van der Waals surface area (Å²) in [5.74, 6) is 0.168. The fourth-order valence-electron chi connectivity index (χ4n) is 3.38. The van der Waals surface area contributed by atoms with Gasteiger partial charge >= 0.3 is 0 Å². The first-order chi connectivity index (χ1) is 12.1. The number of ether oxygens (including phenoxy) is 1. The third kappa shape index (κ3) is 2.94. The van der Waals surface area contributed by atoms with Gasteiger partial charge in [0.1, 0.15) is 5.82 Å². The molecule has 1 unspecified atom stereocenters. The number of nitrogens with zero attached hydrogens (tertiary/aromatic N) is 2. The predicted octanol–water partition coefficient (Wildman–Crippen LogP) is 4.21. The zero-order valence-electron chi connectivity index (χ0n) is 13.6. The maximum absolute atomic E-state index is 14.5. The van der Waals surface area contributed by atoms with Crippen molar-refractivity contribution in [2.45, 2.75) is 31.1 Å². The van der Waals surface area contributed by atoms with Crippen LogP contribution in [0.4, 0.5) is 10.2 Å². The number of benzene rings is 1. The van der Waals surface area contributed by atoms with Gasteiger partial charge < -0.3 is 4.74 Å². The highest BCUT2D eigenvalue weighted by Crippen LogP contribution is 2.47. The molecule has 0 saturated carbocycles. The Morgan fingerprint density at radius 1 is 1.36 bits per heavy atom. The Bertz CT molecular complexity index is 882. The van der Waals surface area contributed by atoms with E-state index < -0.39 is 11.1 Å². The Morgan fingerprint density at radius 3 is 2.84 bits per heavy atom. The van der Waals surface area contributed by atoms with Crippen LogP contribution in [-0.2, 0) is 4.74 Å². The summed E-state index contributed by atoms with van der Waals surface area (Å²) in [6.45, 7) is 3.17. The third-order valence-electron chi connectivity index (χ3n) is 4.57. The van der Waals surface area contributed by atoms with E-state index in [1.807, 2.05) is 11.6 Å². The number of thioether (sulfide) groups is 1. The monoisotopic (exact) mass is 381 g/mol. The van der Waals surface area contributed by atoms with Crippen LogP contribution in [-0.4, -0.2) is 28.0 Å². The van der Waals surface area contributed by atoms with E-state index in [9.17, 15) is 9.18 Å². The lowest BCUT2D eigenvalue weighted by atomic mass is 10.0. The number of aromatic amines is 1. The summed E-state index contributed by atoms with van der Waals surface area (Å²) >= 11 is 7.61. The summed E-state index contributed by atoms with van der Waals surface area (Å²) in [5.41, 5.74) is 0.559. The fraction of sp³-hybridized carbons (Fsp3) is 0.412. The fourth-order valence-corrected chi connectivity index (χ4v) is 4.89. The Kier molecular flexibility index (Phi) is 4.47. The molecule has 1 fully saturated rings. The molecule has 0 bridgehead atoms. The number of halogens is 2. The van der Waals surface area contributed by atoms with Gasteiger partial charge in [-0.05, 0) is 31.9 Å². The Morgan fingerprint density at radius 2 is 2.12 bits per heavy atom. The topological polar surface area (TPSA) is 59.4 Å². The second kappa shape index (κ2) is 6.63. The smallest absolute Gasteiger partial charge is 0.271 e. The Balaban J connectivity index is 1.87. The highest BCUT2D eigenvalue weighted by atomic mass is 35.5. The molecule has 0 amide bonds. The Hall–Kier alpha value is -1.57. The molecular weight excluding hydrogens is 365 g/mol. The first kappa shape index (κ1) is 16.9. The quantitative estimate of drug-likeness (QED) is 0.847. The minimum atomic E-state index is -0.508. The second-order valence-electron chi connectivity index (χ2n) is 6.16. The average molecular weight is 382 g/mol. The van der Waals surface area contributed by atoms with Crippen LogP contribution in [0.15, 0.2) is 28.0 Å². The number of aliphatic imine (C=N–C) groups is 1. The van der Waals surface area contributed by atoms with Crippen LogP contribution < -0.4 is 5.56 Å². The van der Waals surface area contributed by atoms with Gasteiger partial charge in [-0.15, -0.1) is 0 Å². The molecule has 25 heavy (non-hydrogen) atoms. The molecule has 1 saturated heterocycles. The lowest BCUT2D eigenvalue weighted by Crippen LogP contribution is -2.21. The van der Waals surface area contributed by atoms with Gasteiger partial charge in [0.25, 0.3) is 5.56 Å². The van der Waals surface area contributed by atoms with Crippen molar-refractivity contribution in [1.29, 1.82) is 0 Å². The van der Waals surface area contributed by atoms with Crippen LogP contribution in [0.5, 0.6) is 0 Å². The molecule has 1 aromatic carbocycles. The predicted molar refractivity (Wildman–Crippen MR) is 97.8 cm³/mol. The number of nitrogens with one attached hydrogen (secondary N) is 1. The molecule has 0 aliphatic carbocycles. The van der Waals surface area contributed by atoms with Crippen LogP contribution in [0.1, 0.15) is 42.2 Å². The van der Waals surface area contributed by atoms with Crippen molar-refractivity contribution in [2.24, 2.45) is 4.99 Å². The largest absolute Gasteiger partial charge is 0.381 e. The number of fused-ring (bicyclic) bond motifs is 1. The van der Waals surface area contributed by atoms with Gasteiger partial charge in [-0.3, -0.25) is 14.6 Å². The van der Waals surface area contributed by atoms with E-state index in [2.05, 4.69) is 10.1 Å². The van der Waals surface area contributed by atoms with Crippen molar-refractivity contribution in [3.8, 4) is 0 Å². The van der Waals surface area contributed by atoms with Gasteiger partial charge in [0.2, 0.25) is 0 Å². The molecule has 1 aromatic heterocycles. The van der Waals surface area contributed by atoms with E-state index in [1.54, 1.807) is 12.1 Å². The number of H-pyrrole nitrogens is 1. The molecule has 0 radical (unpaired) electrons. The first-order valence-corrected chi connectivity index (χ1v) is 9.40. The summed E-state index contributed by atoms with van der Waals surface area (Å²) < 4.78 is 21.7. The van der Waals surface area contributed by atoms with Crippen molar-refractivity contribution in [3.63, 3.8) is 0 Å². The number of aromatic nitrogens is 2. The van der Waals surface area contributed by atoms with Gasteiger partial charge in [0, 0.05) is 23.8 Å². The zero-order chi connectivity index (χ0) is 17.6. The molecule has 5 nitrogen and oxygen atoms in total. The van der Waals surface area contributed by atoms with Gasteiger partial charge in [-0.1, -0.05) is 29.4 Å². The minimum Gasteiger partial charge on any atom is -0.381 e. The number of hydrogen-bond donors (Lipinski definition) is 1. The van der Waals surface area contributed by atoms with Crippen LogP contribution >= 0.6 is 23.4 Å². The van der Waals surface area contributed by atoms with Gasteiger partial charge in [-0.25, -0.2) is 9.38 Å². The molecule has 2 aliphatic heterocycles. The molecule has 0 spiro atoms. The zero-order valence-corrected chi connectivity index (χ0v) is 15.2. The molecule has 8 heteroatoms. The highest BCUT2D eigenvalue weighted by Gasteiger charge is 2.34. The summed E-state index contributed by atoms with van der Waals surface area (Å²) in [4.78, 5) is 17.3. The molecule has 2 aromatic rings. The maximum atomic E-state index is 14.5. The van der Waals surface area contributed by atoms with Crippen LogP contribution in [0.3, 0.4) is 0 Å². The van der Waals surface area contributed by atoms with E-state index in [0.717, 1.165) is 17.9 Å². The SMILES string of the molecule is CC1=Nc2c(c(=O)[nH]n2C2CCOCC2)C(c2c(F)cccc2Cl)S1. The second-order valence-corrected chi connectivity index (χ2v) is 7.86. The molecule has 4 rings (SSSR count). The lowest BCUT2D eigenvalue weighted by Gasteiger charge is -2.26. The number of hydrogen-bond acceptors (Lipinski definition) is 4. The van der Waals surface area contributed by atoms with Crippen LogP contribution in [0, 0.1) is 5.82 Å². The molecular formula is C17H17ClFN3O2S. The van der Waals surface area contributed by atoms with E-state index in [0.29, 0.717) is 35.2 Å². The molecule has 132 valence electrons. The summed E-state index contributed by atoms with van der Waals surface area (Å²) in [7, 11) is 0. The van der Waals surface area contributed by atoms with Crippen LogP contribution in [0.25, 0.3) is 0 Å². The Labute approximate surface area is 153 Å². The standard InChI is InChI=1S/C17H17ClFN3O2S/c1-9-20-16-14(15(25-9)13-11(18)3-2-4-12(13)19)17(23)21-22(16)10-5-7-24-8-6-10/h2-4,10,15H,5-8H2,1H3,(H,21,23). The van der Waals surface area contributed by atoms with Gasteiger partial charge in [0.15, 0.2) is 5.82 Å². The number of rotatable bonds is 2. The first-order valence-electron chi connectivity index (χ1n) is 8.14. The van der Waals surface area contributed by atoms with E-state index in [1.165, 1.54) is 17.8 Å². The van der Waals surface area contributed by atoms with Gasteiger partial charge in [-0.2, -0.15) is 0 Å². The third-order valence-corrected chi connectivity index (χ3v) is 6.04. The molecule has 1 atom stereocenters. The van der Waals surface area contributed by atoms with E-state index >= 15 is 0 Å². The van der Waals surface area contributed by atoms with Crippen molar-refractivity contribution in [1.82, 2.24) is 9.78 Å². The van der Waals surface area contributed by atoms with E-state index in [-0.39, 0.29) is 11.6 Å². The molecule has 3 heterocycles. The summed E-state index contributed by atoms with van der Waals surface area (Å²) in [5, 5.41) is 3.49. The van der Waals surface area contributed by atoms with Crippen LogP contribution in [0.2, 0.25) is 5.02 Å². The van der Waals surface area contributed by atoms with Crippen molar-refractivity contribution in [2.75, 3.05) is 13.2 Å². The van der Waals surface area contributed by atoms with Gasteiger partial charge in [0.05, 0.1) is 21.9 Å². The highest BCUT2D eigenvalue weighted by molar-refractivity contribution is 8.14. The van der Waals surface area contributed by atoms with Crippen molar-refractivity contribution >= 4 is 34.2 Å². The summed E-state index contributed by atoms with van der Waals surface area (Å²) in [6, 6.07) is 4.70. The molecule has 1 N–H and O–H groups in total. The van der Waals surface area contributed by atoms with E-state index in [4.69, 9.17) is 16.3 Å².